The number of rotatable bonds is 2. The lowest BCUT2D eigenvalue weighted by Gasteiger charge is -2.25. The highest BCUT2D eigenvalue weighted by Gasteiger charge is 2.23. The average molecular weight is 356 g/mol. The summed E-state index contributed by atoms with van der Waals surface area (Å²) in [6, 6.07) is 17.7. The molecule has 0 bridgehead atoms. The zero-order valence-corrected chi connectivity index (χ0v) is 15.2. The van der Waals surface area contributed by atoms with E-state index >= 15 is 0 Å². The molecule has 0 saturated carbocycles. The summed E-state index contributed by atoms with van der Waals surface area (Å²) >= 11 is 0. The lowest BCUT2D eigenvalue weighted by molar-refractivity contribution is 0.522. The minimum Gasteiger partial charge on any atom is -0.326 e. The standard InChI is InChI=1S/C23H20N2O2/c1-15-18(14-16-8-3-2-4-9-16)23(27)25-13-7-12-24-19-11-6-5-10-17(19)21(26)20(15)22(24)25/h2-6,8-11H,7,12-14H2,1H3. The average Bonchev–Trinajstić information content (AvgIpc) is 2.71. The van der Waals surface area contributed by atoms with E-state index in [0.717, 1.165) is 46.2 Å². The van der Waals surface area contributed by atoms with Crippen LogP contribution >= 0.6 is 0 Å². The number of benzene rings is 2. The maximum atomic E-state index is 13.3. The second-order valence-corrected chi connectivity index (χ2v) is 7.27. The van der Waals surface area contributed by atoms with Crippen LogP contribution in [0.15, 0.2) is 64.2 Å². The second kappa shape index (κ2) is 5.95. The molecule has 3 heterocycles. The number of aromatic nitrogens is 2. The van der Waals surface area contributed by atoms with Crippen molar-refractivity contribution in [1.29, 1.82) is 0 Å². The largest absolute Gasteiger partial charge is 0.326 e. The van der Waals surface area contributed by atoms with Crippen LogP contribution < -0.4 is 11.0 Å². The van der Waals surface area contributed by atoms with Gasteiger partial charge in [-0.05, 0) is 36.6 Å². The van der Waals surface area contributed by atoms with Crippen molar-refractivity contribution < 1.29 is 0 Å². The molecule has 0 atom stereocenters. The first-order valence-corrected chi connectivity index (χ1v) is 9.38. The van der Waals surface area contributed by atoms with Crippen LogP contribution in [0, 0.1) is 6.92 Å². The van der Waals surface area contributed by atoms with Gasteiger partial charge >= 0.3 is 0 Å². The molecule has 0 radical (unpaired) electrons. The molecule has 0 unspecified atom stereocenters. The molecule has 5 rings (SSSR count). The first kappa shape index (κ1) is 16.1. The van der Waals surface area contributed by atoms with Crippen LogP contribution in [-0.4, -0.2) is 9.13 Å². The summed E-state index contributed by atoms with van der Waals surface area (Å²) in [5.74, 6) is 0. The van der Waals surface area contributed by atoms with Crippen molar-refractivity contribution in [2.75, 3.05) is 0 Å². The van der Waals surface area contributed by atoms with Crippen molar-refractivity contribution in [3.8, 4) is 0 Å². The molecule has 1 aliphatic rings. The monoisotopic (exact) mass is 356 g/mol. The number of hydrogen-bond acceptors (Lipinski definition) is 2. The van der Waals surface area contributed by atoms with Crippen LogP contribution in [0.25, 0.3) is 21.9 Å². The SMILES string of the molecule is Cc1c(Cc2ccccc2)c(=O)n2c3c1c(=O)c1ccccc1n3CCC2. The fourth-order valence-electron chi connectivity index (χ4n) is 4.40. The van der Waals surface area contributed by atoms with Gasteiger partial charge in [-0.1, -0.05) is 42.5 Å². The molecule has 0 aliphatic carbocycles. The van der Waals surface area contributed by atoms with Crippen LogP contribution in [0.1, 0.15) is 23.1 Å². The molecule has 1 aliphatic heterocycles. The molecule has 0 amide bonds. The molecule has 2 aromatic carbocycles. The van der Waals surface area contributed by atoms with Gasteiger partial charge in [0.1, 0.15) is 5.65 Å². The fraction of sp³-hybridized carbons (Fsp3) is 0.217. The Morgan fingerprint density at radius 2 is 1.59 bits per heavy atom. The third-order valence-electron chi connectivity index (χ3n) is 5.72. The van der Waals surface area contributed by atoms with Crippen molar-refractivity contribution in [2.24, 2.45) is 0 Å². The zero-order chi connectivity index (χ0) is 18.5. The fourth-order valence-corrected chi connectivity index (χ4v) is 4.40. The van der Waals surface area contributed by atoms with E-state index in [1.807, 2.05) is 66.1 Å². The zero-order valence-electron chi connectivity index (χ0n) is 15.2. The highest BCUT2D eigenvalue weighted by molar-refractivity contribution is 5.94. The summed E-state index contributed by atoms with van der Waals surface area (Å²) in [6.45, 7) is 3.41. The summed E-state index contributed by atoms with van der Waals surface area (Å²) < 4.78 is 3.97. The predicted molar refractivity (Wildman–Crippen MR) is 109 cm³/mol. The van der Waals surface area contributed by atoms with E-state index in [0.29, 0.717) is 18.4 Å². The second-order valence-electron chi connectivity index (χ2n) is 7.27. The van der Waals surface area contributed by atoms with Gasteiger partial charge in [0.15, 0.2) is 5.43 Å². The minimum atomic E-state index is 0.0271. The summed E-state index contributed by atoms with van der Waals surface area (Å²) in [7, 11) is 0. The Balaban J connectivity index is 1.93. The molecular formula is C23H20N2O2. The van der Waals surface area contributed by atoms with Crippen LogP contribution in [0.5, 0.6) is 0 Å². The van der Waals surface area contributed by atoms with Crippen molar-refractivity contribution in [3.63, 3.8) is 0 Å². The summed E-state index contributed by atoms with van der Waals surface area (Å²) in [4.78, 5) is 26.7. The topological polar surface area (TPSA) is 44.0 Å². The Bertz CT molecular complexity index is 1310. The molecule has 0 saturated heterocycles. The number of para-hydroxylation sites is 1. The molecule has 4 aromatic rings. The van der Waals surface area contributed by atoms with Crippen LogP contribution in [0.3, 0.4) is 0 Å². The van der Waals surface area contributed by atoms with Crippen LogP contribution in [-0.2, 0) is 19.5 Å². The molecule has 0 spiro atoms. The number of pyridine rings is 2. The first-order valence-electron chi connectivity index (χ1n) is 9.38. The van der Waals surface area contributed by atoms with Gasteiger partial charge in [0, 0.05) is 30.5 Å². The van der Waals surface area contributed by atoms with Crippen molar-refractivity contribution in [3.05, 3.63) is 91.9 Å². The van der Waals surface area contributed by atoms with Crippen LogP contribution in [0.4, 0.5) is 0 Å². The predicted octanol–water partition coefficient (Wildman–Crippen LogP) is 3.62. The van der Waals surface area contributed by atoms with Gasteiger partial charge in [-0.25, -0.2) is 0 Å². The Morgan fingerprint density at radius 1 is 0.889 bits per heavy atom. The Kier molecular flexibility index (Phi) is 3.54. The molecule has 0 N–H and O–H groups in total. The third-order valence-corrected chi connectivity index (χ3v) is 5.72. The van der Waals surface area contributed by atoms with Gasteiger partial charge in [0.2, 0.25) is 0 Å². The quantitative estimate of drug-likeness (QED) is 0.515. The number of hydrogen-bond donors (Lipinski definition) is 0. The highest BCUT2D eigenvalue weighted by Crippen LogP contribution is 2.26. The van der Waals surface area contributed by atoms with Gasteiger partial charge in [-0.2, -0.15) is 0 Å². The molecular weight excluding hydrogens is 336 g/mol. The Labute approximate surface area is 156 Å². The van der Waals surface area contributed by atoms with Crippen molar-refractivity contribution >= 4 is 21.9 Å². The van der Waals surface area contributed by atoms with E-state index in [2.05, 4.69) is 4.57 Å². The number of fused-ring (bicyclic) bond motifs is 2. The molecule has 4 heteroatoms. The van der Waals surface area contributed by atoms with Crippen molar-refractivity contribution in [2.45, 2.75) is 32.9 Å². The van der Waals surface area contributed by atoms with Gasteiger partial charge in [0.05, 0.1) is 10.9 Å². The summed E-state index contributed by atoms with van der Waals surface area (Å²) in [5, 5.41) is 1.42. The van der Waals surface area contributed by atoms with Gasteiger partial charge in [-0.3, -0.25) is 14.2 Å². The van der Waals surface area contributed by atoms with Gasteiger partial charge < -0.3 is 4.57 Å². The minimum absolute atomic E-state index is 0.0271. The third kappa shape index (κ3) is 2.29. The van der Waals surface area contributed by atoms with E-state index in [-0.39, 0.29) is 11.0 Å². The normalized spacial score (nSPS) is 13.4. The van der Waals surface area contributed by atoms with Gasteiger partial charge in [-0.15, -0.1) is 0 Å². The highest BCUT2D eigenvalue weighted by atomic mass is 16.1. The maximum absolute atomic E-state index is 13.3. The first-order chi connectivity index (χ1) is 13.2. The maximum Gasteiger partial charge on any atom is 0.255 e. The smallest absolute Gasteiger partial charge is 0.255 e. The van der Waals surface area contributed by atoms with E-state index in [4.69, 9.17) is 0 Å². The lowest BCUT2D eigenvalue weighted by atomic mass is 9.97. The molecule has 2 aromatic heterocycles. The van der Waals surface area contributed by atoms with Crippen LogP contribution in [0.2, 0.25) is 0 Å². The van der Waals surface area contributed by atoms with E-state index in [9.17, 15) is 9.59 Å². The number of nitrogens with zero attached hydrogens (tertiary/aromatic N) is 2. The lowest BCUT2D eigenvalue weighted by Crippen LogP contribution is -2.33. The number of aryl methyl sites for hydroxylation is 3. The molecule has 27 heavy (non-hydrogen) atoms. The Hall–Kier alpha value is -3.14. The summed E-state index contributed by atoms with van der Waals surface area (Å²) in [6.07, 6.45) is 1.44. The van der Waals surface area contributed by atoms with Gasteiger partial charge in [0.25, 0.3) is 5.56 Å². The van der Waals surface area contributed by atoms with Crippen molar-refractivity contribution in [1.82, 2.24) is 9.13 Å². The van der Waals surface area contributed by atoms with E-state index in [1.165, 1.54) is 0 Å². The van der Waals surface area contributed by atoms with E-state index in [1.54, 1.807) is 0 Å². The van der Waals surface area contributed by atoms with E-state index < -0.39 is 0 Å². The molecule has 134 valence electrons. The molecule has 0 fully saturated rings. The molecule has 4 nitrogen and oxygen atoms in total. The summed E-state index contributed by atoms with van der Waals surface area (Å²) in [5.41, 5.74) is 4.39. The Morgan fingerprint density at radius 3 is 2.41 bits per heavy atom.